The van der Waals surface area contributed by atoms with Crippen LogP contribution in [0.3, 0.4) is 0 Å². The maximum Gasteiger partial charge on any atom is 0.282 e. The van der Waals surface area contributed by atoms with E-state index in [1.54, 1.807) is 36.0 Å². The van der Waals surface area contributed by atoms with Gasteiger partial charge >= 0.3 is 0 Å². The molecule has 2 N–H and O–H groups in total. The van der Waals surface area contributed by atoms with Crippen LogP contribution in [0.4, 0.5) is 0 Å². The molecule has 0 aliphatic heterocycles. The van der Waals surface area contributed by atoms with Crippen molar-refractivity contribution in [3.63, 3.8) is 0 Å². The Bertz CT molecular complexity index is 705. The highest BCUT2D eigenvalue weighted by Crippen LogP contribution is 2.25. The molecule has 1 amide bonds. The highest BCUT2D eigenvalue weighted by atomic mass is 79.9. The number of sulfonamides is 1. The third-order valence-corrected chi connectivity index (χ3v) is 5.65. The third kappa shape index (κ3) is 3.24. The zero-order chi connectivity index (χ0) is 14.0. The first-order valence-electron chi connectivity index (χ1n) is 5.09. The van der Waals surface area contributed by atoms with E-state index in [2.05, 4.69) is 26.2 Å². The van der Waals surface area contributed by atoms with E-state index in [9.17, 15) is 13.2 Å². The predicted octanol–water partition coefficient (Wildman–Crippen LogP) is 1.47. The van der Waals surface area contributed by atoms with Gasteiger partial charge < -0.3 is 4.57 Å². The van der Waals surface area contributed by atoms with Crippen molar-refractivity contribution in [1.29, 1.82) is 0 Å². The minimum Gasteiger partial charge on any atom is -0.347 e. The average Bonchev–Trinajstić information content (AvgIpc) is 2.95. The summed E-state index contributed by atoms with van der Waals surface area (Å²) in [7, 11) is -2.05. The molecule has 2 aromatic rings. The van der Waals surface area contributed by atoms with Gasteiger partial charge in [0.25, 0.3) is 15.9 Å². The summed E-state index contributed by atoms with van der Waals surface area (Å²) in [6.07, 6.45) is 1.69. The first kappa shape index (κ1) is 14.3. The fourth-order valence-corrected chi connectivity index (χ4v) is 4.22. The number of aryl methyl sites for hydroxylation is 1. The zero-order valence-corrected chi connectivity index (χ0v) is 13.0. The third-order valence-electron chi connectivity index (χ3n) is 2.29. The minimum absolute atomic E-state index is 0.117. The number of nitrogens with one attached hydrogen (secondary N) is 2. The van der Waals surface area contributed by atoms with Gasteiger partial charge in [-0.25, -0.2) is 8.42 Å². The fourth-order valence-electron chi connectivity index (χ4n) is 1.37. The lowest BCUT2D eigenvalue weighted by molar-refractivity contribution is 0.0937. The highest BCUT2D eigenvalue weighted by Gasteiger charge is 2.18. The number of hydrazine groups is 1. The van der Waals surface area contributed by atoms with Gasteiger partial charge in [-0.15, -0.1) is 16.2 Å². The molecule has 2 heterocycles. The van der Waals surface area contributed by atoms with Crippen LogP contribution < -0.4 is 10.3 Å². The second-order valence-electron chi connectivity index (χ2n) is 3.62. The van der Waals surface area contributed by atoms with Gasteiger partial charge in [0, 0.05) is 13.2 Å². The van der Waals surface area contributed by atoms with Crippen LogP contribution in [-0.2, 0) is 17.1 Å². The number of thiophene rings is 1. The molecule has 0 saturated carbocycles. The molecule has 0 aliphatic rings. The first-order valence-corrected chi connectivity index (χ1v) is 8.18. The van der Waals surface area contributed by atoms with E-state index in [1.165, 1.54) is 6.07 Å². The number of carbonyl (C=O) groups excluding carboxylic acids is 1. The average molecular weight is 364 g/mol. The van der Waals surface area contributed by atoms with E-state index in [-0.39, 0.29) is 4.21 Å². The van der Waals surface area contributed by atoms with Crippen LogP contribution in [-0.4, -0.2) is 18.9 Å². The van der Waals surface area contributed by atoms with E-state index in [4.69, 9.17) is 0 Å². The highest BCUT2D eigenvalue weighted by molar-refractivity contribution is 9.11. The van der Waals surface area contributed by atoms with Crippen LogP contribution in [0, 0.1) is 0 Å². The van der Waals surface area contributed by atoms with E-state index in [1.807, 2.05) is 0 Å². The van der Waals surface area contributed by atoms with Crippen molar-refractivity contribution in [1.82, 2.24) is 14.8 Å². The lowest BCUT2D eigenvalue weighted by Crippen LogP contribution is -2.41. The van der Waals surface area contributed by atoms with Crippen molar-refractivity contribution in [3.8, 4) is 0 Å². The second kappa shape index (κ2) is 5.45. The smallest absolute Gasteiger partial charge is 0.282 e. The zero-order valence-electron chi connectivity index (χ0n) is 9.75. The Morgan fingerprint density at radius 3 is 2.63 bits per heavy atom. The molecule has 0 radical (unpaired) electrons. The van der Waals surface area contributed by atoms with Crippen molar-refractivity contribution >= 4 is 43.2 Å². The molecule has 0 spiro atoms. The molecule has 0 unspecified atom stereocenters. The van der Waals surface area contributed by atoms with Crippen LogP contribution in [0.2, 0.25) is 0 Å². The molecular formula is C10H10BrN3O3S2. The summed E-state index contributed by atoms with van der Waals surface area (Å²) in [4.78, 5) is 13.8. The van der Waals surface area contributed by atoms with Gasteiger partial charge in [0.2, 0.25) is 0 Å². The second-order valence-corrected chi connectivity index (χ2v) is 7.99. The number of halogens is 1. The van der Waals surface area contributed by atoms with Crippen LogP contribution in [0.15, 0.2) is 38.5 Å². The monoisotopic (exact) mass is 363 g/mol. The molecule has 0 aliphatic carbocycles. The van der Waals surface area contributed by atoms with Crippen molar-refractivity contribution in [3.05, 3.63) is 39.9 Å². The van der Waals surface area contributed by atoms with Gasteiger partial charge in [-0.2, -0.15) is 0 Å². The van der Waals surface area contributed by atoms with Crippen molar-refractivity contribution < 1.29 is 13.2 Å². The lowest BCUT2D eigenvalue weighted by Gasteiger charge is -2.07. The first-order chi connectivity index (χ1) is 8.90. The number of hydrogen-bond acceptors (Lipinski definition) is 4. The summed E-state index contributed by atoms with van der Waals surface area (Å²) >= 11 is 4.24. The molecule has 9 heteroatoms. The lowest BCUT2D eigenvalue weighted by atomic mass is 10.4. The van der Waals surface area contributed by atoms with Gasteiger partial charge in [-0.1, -0.05) is 0 Å². The van der Waals surface area contributed by atoms with E-state index < -0.39 is 15.9 Å². The van der Waals surface area contributed by atoms with Gasteiger partial charge in [-0.05, 0) is 40.2 Å². The summed E-state index contributed by atoms with van der Waals surface area (Å²) in [6.45, 7) is 0. The molecule has 19 heavy (non-hydrogen) atoms. The normalized spacial score (nSPS) is 11.5. The van der Waals surface area contributed by atoms with Gasteiger partial charge in [0.1, 0.15) is 9.90 Å². The number of aromatic nitrogens is 1. The Morgan fingerprint density at radius 2 is 2.11 bits per heavy atom. The van der Waals surface area contributed by atoms with E-state index in [0.717, 1.165) is 11.3 Å². The number of carbonyl (C=O) groups is 1. The fraction of sp³-hybridized carbons (Fsp3) is 0.100. The quantitative estimate of drug-likeness (QED) is 0.807. The van der Waals surface area contributed by atoms with Gasteiger partial charge in [0.15, 0.2) is 0 Å². The molecule has 0 aromatic carbocycles. The van der Waals surface area contributed by atoms with Crippen LogP contribution in [0.1, 0.15) is 10.5 Å². The minimum atomic E-state index is -3.74. The van der Waals surface area contributed by atoms with E-state index >= 15 is 0 Å². The van der Waals surface area contributed by atoms with E-state index in [0.29, 0.717) is 9.48 Å². The SMILES string of the molecule is Cn1cccc1C(=O)NNS(=O)(=O)c1ccc(Br)s1. The van der Waals surface area contributed by atoms with Gasteiger partial charge in [-0.3, -0.25) is 10.2 Å². The van der Waals surface area contributed by atoms with Crippen LogP contribution in [0.5, 0.6) is 0 Å². The molecule has 0 fully saturated rings. The molecule has 0 atom stereocenters. The summed E-state index contributed by atoms with van der Waals surface area (Å²) < 4.78 is 26.1. The Kier molecular flexibility index (Phi) is 4.09. The Labute approximate surface area is 122 Å². The Balaban J connectivity index is 2.07. The number of rotatable bonds is 4. The topological polar surface area (TPSA) is 80.2 Å². The maximum absolute atomic E-state index is 11.9. The predicted molar refractivity (Wildman–Crippen MR) is 75.2 cm³/mol. The van der Waals surface area contributed by atoms with Crippen LogP contribution in [0.25, 0.3) is 0 Å². The Hall–Kier alpha value is -1.16. The van der Waals surface area contributed by atoms with Crippen molar-refractivity contribution in [2.75, 3.05) is 0 Å². The largest absolute Gasteiger partial charge is 0.347 e. The number of nitrogens with zero attached hydrogens (tertiary/aromatic N) is 1. The maximum atomic E-state index is 11.9. The molecular weight excluding hydrogens is 354 g/mol. The summed E-state index contributed by atoms with van der Waals surface area (Å²) in [6, 6.07) is 6.36. The number of amides is 1. The summed E-state index contributed by atoms with van der Waals surface area (Å²) in [5, 5.41) is 0. The van der Waals surface area contributed by atoms with Crippen molar-refractivity contribution in [2.45, 2.75) is 4.21 Å². The molecule has 2 aromatic heterocycles. The van der Waals surface area contributed by atoms with Crippen LogP contribution >= 0.6 is 27.3 Å². The molecule has 102 valence electrons. The summed E-state index contributed by atoms with van der Waals surface area (Å²) in [5.41, 5.74) is 2.52. The molecule has 2 rings (SSSR count). The summed E-state index contributed by atoms with van der Waals surface area (Å²) in [5.74, 6) is -0.522. The number of hydrogen-bond donors (Lipinski definition) is 2. The van der Waals surface area contributed by atoms with Crippen molar-refractivity contribution in [2.24, 2.45) is 7.05 Å². The molecule has 0 saturated heterocycles. The standard InChI is InChI=1S/C10H10BrN3O3S2/c1-14-6-2-3-7(14)10(15)12-13-19(16,17)9-5-4-8(11)18-9/h2-6,13H,1H3,(H,12,15). The molecule has 0 bridgehead atoms. The Morgan fingerprint density at radius 1 is 1.37 bits per heavy atom. The molecule has 6 nitrogen and oxygen atoms in total. The van der Waals surface area contributed by atoms with Gasteiger partial charge in [0.05, 0.1) is 3.79 Å².